The molecular formula is C25H27NO4. The quantitative estimate of drug-likeness (QED) is 0.476. The summed E-state index contributed by atoms with van der Waals surface area (Å²) in [5.41, 5.74) is 1.88. The number of carbonyl (C=O) groups excluding carboxylic acids is 1. The second kappa shape index (κ2) is 10.9. The second-order valence-corrected chi connectivity index (χ2v) is 6.78. The van der Waals surface area contributed by atoms with Crippen LogP contribution in [0.4, 0.5) is 5.69 Å². The second-order valence-electron chi connectivity index (χ2n) is 6.78. The van der Waals surface area contributed by atoms with E-state index in [0.717, 1.165) is 12.2 Å². The smallest absolute Gasteiger partial charge is 0.265 e. The molecule has 0 spiro atoms. The number of hydrogen-bond acceptors (Lipinski definition) is 4. The Hall–Kier alpha value is -3.47. The van der Waals surface area contributed by atoms with E-state index < -0.39 is 6.10 Å². The van der Waals surface area contributed by atoms with Crippen molar-refractivity contribution in [2.75, 3.05) is 18.5 Å². The maximum absolute atomic E-state index is 12.5. The zero-order valence-electron chi connectivity index (χ0n) is 17.3. The average molecular weight is 405 g/mol. The number of benzene rings is 3. The third-order valence-electron chi connectivity index (χ3n) is 4.48. The molecule has 0 aliphatic rings. The van der Waals surface area contributed by atoms with E-state index in [4.69, 9.17) is 14.2 Å². The molecule has 3 aromatic carbocycles. The molecule has 1 unspecified atom stereocenters. The van der Waals surface area contributed by atoms with Crippen LogP contribution in [0.3, 0.4) is 0 Å². The first-order valence-corrected chi connectivity index (χ1v) is 10.1. The van der Waals surface area contributed by atoms with Crippen LogP contribution < -0.4 is 19.5 Å². The number of nitrogens with one attached hydrogen (secondary N) is 1. The zero-order chi connectivity index (χ0) is 21.2. The molecule has 30 heavy (non-hydrogen) atoms. The summed E-state index contributed by atoms with van der Waals surface area (Å²) in [5.74, 6) is 1.91. The molecule has 0 fully saturated rings. The lowest BCUT2D eigenvalue weighted by Crippen LogP contribution is -2.30. The number of hydrogen-bond donors (Lipinski definition) is 1. The Morgan fingerprint density at radius 1 is 0.833 bits per heavy atom. The van der Waals surface area contributed by atoms with E-state index in [-0.39, 0.29) is 5.91 Å². The van der Waals surface area contributed by atoms with Gasteiger partial charge in [0.1, 0.15) is 30.5 Å². The molecule has 1 amide bonds. The Kier molecular flexibility index (Phi) is 7.72. The van der Waals surface area contributed by atoms with Crippen molar-refractivity contribution in [3.05, 3.63) is 84.4 Å². The van der Waals surface area contributed by atoms with E-state index in [1.54, 1.807) is 13.0 Å². The van der Waals surface area contributed by atoms with Crippen molar-refractivity contribution in [1.82, 2.24) is 0 Å². The van der Waals surface area contributed by atoms with E-state index in [2.05, 4.69) is 12.2 Å². The van der Waals surface area contributed by atoms with Crippen LogP contribution in [0, 0.1) is 0 Å². The van der Waals surface area contributed by atoms with Crippen molar-refractivity contribution in [1.29, 1.82) is 0 Å². The van der Waals surface area contributed by atoms with Crippen LogP contribution in [0.1, 0.15) is 19.4 Å². The Labute approximate surface area is 177 Å². The fourth-order valence-corrected chi connectivity index (χ4v) is 2.80. The van der Waals surface area contributed by atoms with Gasteiger partial charge < -0.3 is 19.5 Å². The molecular weight excluding hydrogens is 378 g/mol. The highest BCUT2D eigenvalue weighted by Gasteiger charge is 2.15. The molecule has 5 heteroatoms. The molecule has 3 aromatic rings. The highest BCUT2D eigenvalue weighted by Crippen LogP contribution is 2.19. The number of para-hydroxylation sites is 1. The highest BCUT2D eigenvalue weighted by atomic mass is 16.5. The van der Waals surface area contributed by atoms with Crippen LogP contribution in [0.15, 0.2) is 78.9 Å². The fourth-order valence-electron chi connectivity index (χ4n) is 2.80. The van der Waals surface area contributed by atoms with Gasteiger partial charge in [-0.1, -0.05) is 43.3 Å². The van der Waals surface area contributed by atoms with Crippen molar-refractivity contribution < 1.29 is 19.0 Å². The Balaban J connectivity index is 1.46. The standard InChI is InChI=1S/C25H27NO4/c1-3-20-12-14-23(15-13-20)30-19(2)25(27)26-21-8-7-11-24(18-21)29-17-16-28-22-9-5-4-6-10-22/h4-15,18-19H,3,16-17H2,1-2H3,(H,26,27). The largest absolute Gasteiger partial charge is 0.490 e. The molecule has 1 N–H and O–H groups in total. The summed E-state index contributed by atoms with van der Waals surface area (Å²) in [6.07, 6.45) is 0.342. The zero-order valence-corrected chi connectivity index (χ0v) is 17.3. The SMILES string of the molecule is CCc1ccc(OC(C)C(=O)Nc2cccc(OCCOc3ccccc3)c2)cc1. The summed E-state index contributed by atoms with van der Waals surface area (Å²) in [6.45, 7) is 4.66. The molecule has 0 radical (unpaired) electrons. The van der Waals surface area contributed by atoms with Gasteiger partial charge in [0.15, 0.2) is 6.10 Å². The number of anilines is 1. The van der Waals surface area contributed by atoms with Gasteiger partial charge in [0.25, 0.3) is 5.91 Å². The van der Waals surface area contributed by atoms with Crippen molar-refractivity contribution >= 4 is 11.6 Å². The predicted molar refractivity (Wildman–Crippen MR) is 118 cm³/mol. The van der Waals surface area contributed by atoms with Gasteiger partial charge in [-0.2, -0.15) is 0 Å². The maximum atomic E-state index is 12.5. The lowest BCUT2D eigenvalue weighted by Gasteiger charge is -2.15. The lowest BCUT2D eigenvalue weighted by molar-refractivity contribution is -0.122. The van der Waals surface area contributed by atoms with Crippen LogP contribution in [0.25, 0.3) is 0 Å². The van der Waals surface area contributed by atoms with Crippen molar-refractivity contribution in [3.63, 3.8) is 0 Å². The molecule has 0 aromatic heterocycles. The summed E-state index contributed by atoms with van der Waals surface area (Å²) in [4.78, 5) is 12.5. The van der Waals surface area contributed by atoms with Crippen LogP contribution in [0.5, 0.6) is 17.2 Å². The van der Waals surface area contributed by atoms with Gasteiger partial charge in [0.05, 0.1) is 0 Å². The first-order chi connectivity index (χ1) is 14.6. The summed E-state index contributed by atoms with van der Waals surface area (Å²) in [7, 11) is 0. The Morgan fingerprint density at radius 3 is 2.20 bits per heavy atom. The van der Waals surface area contributed by atoms with Crippen molar-refractivity contribution in [2.45, 2.75) is 26.4 Å². The third-order valence-corrected chi connectivity index (χ3v) is 4.48. The van der Waals surface area contributed by atoms with Crippen LogP contribution in [-0.2, 0) is 11.2 Å². The van der Waals surface area contributed by atoms with Gasteiger partial charge in [-0.3, -0.25) is 4.79 Å². The molecule has 0 aliphatic carbocycles. The van der Waals surface area contributed by atoms with Crippen LogP contribution >= 0.6 is 0 Å². The van der Waals surface area contributed by atoms with Gasteiger partial charge in [0, 0.05) is 11.8 Å². The normalized spacial score (nSPS) is 11.4. The summed E-state index contributed by atoms with van der Waals surface area (Å²) in [5, 5.41) is 2.87. The van der Waals surface area contributed by atoms with Crippen LogP contribution in [-0.4, -0.2) is 25.2 Å². The summed E-state index contributed by atoms with van der Waals surface area (Å²) in [6, 6.07) is 24.6. The van der Waals surface area contributed by atoms with Gasteiger partial charge >= 0.3 is 0 Å². The van der Waals surface area contributed by atoms with E-state index in [9.17, 15) is 4.79 Å². The molecule has 0 saturated carbocycles. The minimum absolute atomic E-state index is 0.223. The monoisotopic (exact) mass is 405 g/mol. The summed E-state index contributed by atoms with van der Waals surface area (Å²) < 4.78 is 17.1. The number of rotatable bonds is 10. The molecule has 5 nitrogen and oxygen atoms in total. The number of aryl methyl sites for hydroxylation is 1. The van der Waals surface area contributed by atoms with E-state index in [0.29, 0.717) is 30.4 Å². The Bertz CT molecular complexity index is 925. The van der Waals surface area contributed by atoms with E-state index in [1.165, 1.54) is 5.56 Å². The van der Waals surface area contributed by atoms with Crippen molar-refractivity contribution in [3.8, 4) is 17.2 Å². The fraction of sp³-hybridized carbons (Fsp3) is 0.240. The van der Waals surface area contributed by atoms with E-state index in [1.807, 2.05) is 72.8 Å². The molecule has 1 atom stereocenters. The molecule has 0 aliphatic heterocycles. The van der Waals surface area contributed by atoms with Gasteiger partial charge in [-0.05, 0) is 55.3 Å². The third kappa shape index (κ3) is 6.55. The van der Waals surface area contributed by atoms with E-state index >= 15 is 0 Å². The first-order valence-electron chi connectivity index (χ1n) is 10.1. The maximum Gasteiger partial charge on any atom is 0.265 e. The van der Waals surface area contributed by atoms with Gasteiger partial charge in [-0.15, -0.1) is 0 Å². The molecule has 0 heterocycles. The van der Waals surface area contributed by atoms with Crippen molar-refractivity contribution in [2.24, 2.45) is 0 Å². The van der Waals surface area contributed by atoms with Crippen LogP contribution in [0.2, 0.25) is 0 Å². The highest BCUT2D eigenvalue weighted by molar-refractivity contribution is 5.94. The molecule has 3 rings (SSSR count). The first kappa shape index (κ1) is 21.2. The molecule has 156 valence electrons. The topological polar surface area (TPSA) is 56.8 Å². The minimum Gasteiger partial charge on any atom is -0.490 e. The number of ether oxygens (including phenoxy) is 3. The van der Waals surface area contributed by atoms with Gasteiger partial charge in [-0.25, -0.2) is 0 Å². The average Bonchev–Trinajstić information content (AvgIpc) is 2.78. The minimum atomic E-state index is -0.624. The number of carbonyl (C=O) groups is 1. The Morgan fingerprint density at radius 2 is 1.50 bits per heavy atom. The number of amides is 1. The van der Waals surface area contributed by atoms with Gasteiger partial charge in [0.2, 0.25) is 0 Å². The predicted octanol–water partition coefficient (Wildman–Crippen LogP) is 5.11. The lowest BCUT2D eigenvalue weighted by atomic mass is 10.2. The molecule has 0 saturated heterocycles. The summed E-state index contributed by atoms with van der Waals surface area (Å²) >= 11 is 0. The molecule has 0 bridgehead atoms.